The van der Waals surface area contributed by atoms with Crippen LogP contribution in [0.15, 0.2) is 35.2 Å². The average Bonchev–Trinajstić information content (AvgIpc) is 2.87. The Balaban J connectivity index is 1.71. The van der Waals surface area contributed by atoms with Crippen LogP contribution >= 0.6 is 0 Å². The van der Waals surface area contributed by atoms with Crippen LogP contribution in [0.5, 0.6) is 0 Å². The monoisotopic (exact) mass is 296 g/mol. The summed E-state index contributed by atoms with van der Waals surface area (Å²) in [5.74, 6) is -0.201. The Kier molecular flexibility index (Phi) is 3.84. The number of ether oxygens (including phenoxy) is 2. The summed E-state index contributed by atoms with van der Waals surface area (Å²) in [5.41, 5.74) is 0. The standard InChI is InChI=1S/C15H20O4S/c16-20(17,14-6-2-1-3-7-14)12-13-5-4-8-15(11-13)18-9-10-19-15/h1-3,6-7,13H,4-5,8-12H2/t13-/m1/s1. The van der Waals surface area contributed by atoms with Gasteiger partial charge in [-0.1, -0.05) is 18.2 Å². The molecule has 5 heteroatoms. The zero-order valence-corrected chi connectivity index (χ0v) is 12.3. The molecule has 2 aliphatic rings. The highest BCUT2D eigenvalue weighted by molar-refractivity contribution is 7.91. The van der Waals surface area contributed by atoms with Crippen molar-refractivity contribution in [3.63, 3.8) is 0 Å². The number of benzene rings is 1. The summed E-state index contributed by atoms with van der Waals surface area (Å²) in [7, 11) is -3.22. The lowest BCUT2D eigenvalue weighted by atomic mass is 9.86. The third-order valence-corrected chi connectivity index (χ3v) is 6.04. The van der Waals surface area contributed by atoms with Crippen molar-refractivity contribution in [3.8, 4) is 0 Å². The van der Waals surface area contributed by atoms with Gasteiger partial charge in [0.25, 0.3) is 0 Å². The van der Waals surface area contributed by atoms with Gasteiger partial charge in [0, 0.05) is 12.8 Å². The maximum atomic E-state index is 12.4. The van der Waals surface area contributed by atoms with E-state index in [2.05, 4.69) is 0 Å². The Morgan fingerprint density at radius 2 is 1.85 bits per heavy atom. The van der Waals surface area contributed by atoms with Crippen LogP contribution in [0.2, 0.25) is 0 Å². The molecular formula is C15H20O4S. The molecule has 1 aromatic rings. The summed E-state index contributed by atoms with van der Waals surface area (Å²) in [5, 5.41) is 0. The van der Waals surface area contributed by atoms with E-state index in [1.54, 1.807) is 24.3 Å². The molecular weight excluding hydrogens is 276 g/mol. The van der Waals surface area contributed by atoms with Crippen molar-refractivity contribution in [2.24, 2.45) is 5.92 Å². The highest BCUT2D eigenvalue weighted by atomic mass is 32.2. The zero-order chi connectivity index (χ0) is 14.1. The molecule has 0 radical (unpaired) electrons. The van der Waals surface area contributed by atoms with Crippen molar-refractivity contribution in [3.05, 3.63) is 30.3 Å². The second-order valence-corrected chi connectivity index (χ2v) is 7.70. The largest absolute Gasteiger partial charge is 0.348 e. The Labute approximate surface area is 120 Å². The van der Waals surface area contributed by atoms with Crippen LogP contribution in [-0.2, 0) is 19.3 Å². The minimum Gasteiger partial charge on any atom is -0.348 e. The van der Waals surface area contributed by atoms with Gasteiger partial charge in [-0.2, -0.15) is 0 Å². The van der Waals surface area contributed by atoms with Crippen molar-refractivity contribution in [1.82, 2.24) is 0 Å². The molecule has 0 aromatic heterocycles. The van der Waals surface area contributed by atoms with Gasteiger partial charge in [-0.3, -0.25) is 0 Å². The first-order valence-corrected chi connectivity index (χ1v) is 8.81. The van der Waals surface area contributed by atoms with Crippen LogP contribution in [0.3, 0.4) is 0 Å². The second-order valence-electron chi connectivity index (χ2n) is 5.66. The Morgan fingerprint density at radius 1 is 1.15 bits per heavy atom. The van der Waals surface area contributed by atoms with E-state index < -0.39 is 15.6 Å². The van der Waals surface area contributed by atoms with E-state index in [-0.39, 0.29) is 11.7 Å². The highest BCUT2D eigenvalue weighted by Crippen LogP contribution is 2.39. The van der Waals surface area contributed by atoms with Gasteiger partial charge >= 0.3 is 0 Å². The Hall–Kier alpha value is -0.910. The maximum Gasteiger partial charge on any atom is 0.178 e. The van der Waals surface area contributed by atoms with Gasteiger partial charge in [-0.25, -0.2) is 8.42 Å². The van der Waals surface area contributed by atoms with Crippen LogP contribution in [0.4, 0.5) is 0 Å². The van der Waals surface area contributed by atoms with Crippen LogP contribution in [0, 0.1) is 5.92 Å². The van der Waals surface area contributed by atoms with E-state index in [0.29, 0.717) is 24.5 Å². The predicted molar refractivity (Wildman–Crippen MR) is 75.1 cm³/mol. The third-order valence-electron chi connectivity index (χ3n) is 4.14. The van der Waals surface area contributed by atoms with Gasteiger partial charge in [0.05, 0.1) is 23.9 Å². The summed E-state index contributed by atoms with van der Waals surface area (Å²) < 4.78 is 36.3. The third kappa shape index (κ3) is 2.90. The molecule has 4 nitrogen and oxygen atoms in total. The lowest BCUT2D eigenvalue weighted by Gasteiger charge is -2.36. The molecule has 0 unspecified atom stereocenters. The van der Waals surface area contributed by atoms with E-state index in [0.717, 1.165) is 19.3 Å². The molecule has 0 bridgehead atoms. The summed E-state index contributed by atoms with van der Waals surface area (Å²) in [6, 6.07) is 8.68. The maximum absolute atomic E-state index is 12.4. The topological polar surface area (TPSA) is 52.6 Å². The van der Waals surface area contributed by atoms with Gasteiger partial charge in [-0.05, 0) is 30.9 Å². The number of hydrogen-bond donors (Lipinski definition) is 0. The summed E-state index contributed by atoms with van der Waals surface area (Å²) in [4.78, 5) is 0.410. The highest BCUT2D eigenvalue weighted by Gasteiger charge is 2.42. The lowest BCUT2D eigenvalue weighted by molar-refractivity contribution is -0.185. The first kappa shape index (κ1) is 14.0. The number of sulfone groups is 1. The molecule has 0 N–H and O–H groups in total. The molecule has 1 aliphatic carbocycles. The smallest absolute Gasteiger partial charge is 0.178 e. The van der Waals surface area contributed by atoms with Crippen LogP contribution in [0.1, 0.15) is 25.7 Å². The molecule has 1 heterocycles. The van der Waals surface area contributed by atoms with E-state index >= 15 is 0 Å². The molecule has 0 amide bonds. The minimum absolute atomic E-state index is 0.118. The van der Waals surface area contributed by atoms with Gasteiger partial charge in [0.2, 0.25) is 0 Å². The van der Waals surface area contributed by atoms with Crippen LogP contribution < -0.4 is 0 Å². The van der Waals surface area contributed by atoms with Gasteiger partial charge in [0.15, 0.2) is 15.6 Å². The molecule has 1 saturated heterocycles. The fourth-order valence-corrected chi connectivity index (χ4v) is 4.91. The van der Waals surface area contributed by atoms with Crippen molar-refractivity contribution in [2.75, 3.05) is 19.0 Å². The first-order valence-electron chi connectivity index (χ1n) is 7.15. The van der Waals surface area contributed by atoms with Gasteiger partial charge in [0.1, 0.15) is 0 Å². The van der Waals surface area contributed by atoms with Crippen LogP contribution in [0.25, 0.3) is 0 Å². The fraction of sp³-hybridized carbons (Fsp3) is 0.600. The van der Waals surface area contributed by atoms with Crippen LogP contribution in [-0.4, -0.2) is 33.2 Å². The number of hydrogen-bond acceptors (Lipinski definition) is 4. The average molecular weight is 296 g/mol. The van der Waals surface area contributed by atoms with E-state index in [1.165, 1.54) is 0 Å². The first-order chi connectivity index (χ1) is 9.60. The van der Waals surface area contributed by atoms with Crippen molar-refractivity contribution in [2.45, 2.75) is 36.4 Å². The summed E-state index contributed by atoms with van der Waals surface area (Å²) >= 11 is 0. The molecule has 110 valence electrons. The summed E-state index contributed by atoms with van der Waals surface area (Å²) in [6.07, 6.45) is 3.48. The SMILES string of the molecule is O=S(=O)(C[C@@H]1CCCC2(C1)OCCO2)c1ccccc1. The molecule has 1 saturated carbocycles. The molecule has 20 heavy (non-hydrogen) atoms. The van der Waals surface area contributed by atoms with Crippen molar-refractivity contribution >= 4 is 9.84 Å². The molecule has 1 spiro atoms. The molecule has 1 atom stereocenters. The molecule has 1 aromatic carbocycles. The van der Waals surface area contributed by atoms with Crippen molar-refractivity contribution in [1.29, 1.82) is 0 Å². The molecule has 2 fully saturated rings. The second kappa shape index (κ2) is 5.47. The minimum atomic E-state index is -3.22. The van der Waals surface area contributed by atoms with Crippen molar-refractivity contribution < 1.29 is 17.9 Å². The Bertz CT molecular complexity index is 546. The zero-order valence-electron chi connectivity index (χ0n) is 11.5. The Morgan fingerprint density at radius 3 is 2.55 bits per heavy atom. The summed E-state index contributed by atoms with van der Waals surface area (Å²) in [6.45, 7) is 1.25. The molecule has 3 rings (SSSR count). The van der Waals surface area contributed by atoms with E-state index in [1.807, 2.05) is 6.07 Å². The predicted octanol–water partition coefficient (Wildman–Crippen LogP) is 2.39. The fourth-order valence-electron chi connectivity index (χ4n) is 3.24. The lowest BCUT2D eigenvalue weighted by Crippen LogP contribution is -2.38. The normalized spacial score (nSPS) is 25.9. The van der Waals surface area contributed by atoms with Gasteiger partial charge < -0.3 is 9.47 Å². The quantitative estimate of drug-likeness (QED) is 0.859. The van der Waals surface area contributed by atoms with Gasteiger partial charge in [-0.15, -0.1) is 0 Å². The number of rotatable bonds is 3. The molecule has 1 aliphatic heterocycles. The van der Waals surface area contributed by atoms with E-state index in [9.17, 15) is 8.42 Å². The van der Waals surface area contributed by atoms with E-state index in [4.69, 9.17) is 9.47 Å².